The van der Waals surface area contributed by atoms with Gasteiger partial charge in [0.05, 0.1) is 21.3 Å². The summed E-state index contributed by atoms with van der Waals surface area (Å²) in [5.74, 6) is -0.00262. The minimum atomic E-state index is -0.456. The maximum absolute atomic E-state index is 13.4. The predicted octanol–water partition coefficient (Wildman–Crippen LogP) is -0.738. The van der Waals surface area contributed by atoms with E-state index in [-0.39, 0.29) is 24.9 Å². The third-order valence-electron chi connectivity index (χ3n) is 5.52. The molecule has 0 bridgehead atoms. The summed E-state index contributed by atoms with van der Waals surface area (Å²) in [4.78, 5) is 48.0. The Morgan fingerprint density at radius 1 is 1.03 bits per heavy atom. The van der Waals surface area contributed by atoms with Crippen LogP contribution in [0.1, 0.15) is 20.7 Å². The SMILES string of the molecule is CN(C)CCN(C(=O)CN1C(=O)c2ccccc2C1=O)c1nc2cc3c(cc2s1)OCCO3.[Cl-]. The summed E-state index contributed by atoms with van der Waals surface area (Å²) in [6, 6.07) is 10.3. The van der Waals surface area contributed by atoms with Crippen LogP contribution < -0.4 is 26.8 Å². The van der Waals surface area contributed by atoms with Gasteiger partial charge in [-0.1, -0.05) is 23.5 Å². The van der Waals surface area contributed by atoms with Crippen molar-refractivity contribution in [2.75, 3.05) is 51.8 Å². The summed E-state index contributed by atoms with van der Waals surface area (Å²) in [6.45, 7) is 1.56. The van der Waals surface area contributed by atoms with Crippen molar-refractivity contribution in [3.8, 4) is 11.5 Å². The molecule has 0 saturated carbocycles. The maximum Gasteiger partial charge on any atom is 0.262 e. The van der Waals surface area contributed by atoms with E-state index in [0.29, 0.717) is 59.6 Å². The van der Waals surface area contributed by atoms with Gasteiger partial charge >= 0.3 is 0 Å². The first-order valence-electron chi connectivity index (χ1n) is 10.5. The molecule has 2 aromatic carbocycles. The number of aromatic nitrogens is 1. The van der Waals surface area contributed by atoms with Gasteiger partial charge in [-0.25, -0.2) is 4.98 Å². The number of fused-ring (bicyclic) bond motifs is 3. The van der Waals surface area contributed by atoms with Crippen LogP contribution in [0.3, 0.4) is 0 Å². The minimum Gasteiger partial charge on any atom is -1.00 e. The number of rotatable bonds is 6. The van der Waals surface area contributed by atoms with Crippen molar-refractivity contribution in [1.29, 1.82) is 0 Å². The van der Waals surface area contributed by atoms with Crippen LogP contribution in [0.15, 0.2) is 36.4 Å². The number of carbonyl (C=O) groups excluding carboxylic acids is 3. The molecular formula is C23H22ClN4O5S-. The number of ether oxygens (including phenoxy) is 2. The predicted molar refractivity (Wildman–Crippen MR) is 123 cm³/mol. The molecule has 0 atom stereocenters. The molecule has 178 valence electrons. The molecule has 5 rings (SSSR count). The van der Waals surface area contributed by atoms with Crippen LogP contribution in [0.5, 0.6) is 11.5 Å². The van der Waals surface area contributed by atoms with Crippen molar-refractivity contribution in [1.82, 2.24) is 14.8 Å². The van der Waals surface area contributed by atoms with Crippen LogP contribution in [-0.4, -0.2) is 79.4 Å². The Morgan fingerprint density at radius 3 is 2.26 bits per heavy atom. The second kappa shape index (κ2) is 9.57. The Bertz CT molecular complexity index is 1200. The van der Waals surface area contributed by atoms with E-state index in [1.54, 1.807) is 24.3 Å². The van der Waals surface area contributed by atoms with Crippen molar-refractivity contribution in [3.63, 3.8) is 0 Å². The van der Waals surface area contributed by atoms with Crippen LogP contribution >= 0.6 is 11.3 Å². The number of carbonyl (C=O) groups is 3. The molecule has 0 spiro atoms. The third kappa shape index (κ3) is 4.31. The molecule has 2 aliphatic rings. The smallest absolute Gasteiger partial charge is 0.262 e. The highest BCUT2D eigenvalue weighted by Gasteiger charge is 2.37. The molecule has 9 nitrogen and oxygen atoms in total. The first-order valence-corrected chi connectivity index (χ1v) is 11.3. The number of anilines is 1. The highest BCUT2D eigenvalue weighted by molar-refractivity contribution is 7.22. The van der Waals surface area contributed by atoms with Crippen LogP contribution in [0.4, 0.5) is 5.13 Å². The number of likely N-dealkylation sites (N-methyl/N-ethyl adjacent to an activating group) is 1. The average Bonchev–Trinajstić information content (AvgIpc) is 3.31. The number of nitrogens with zero attached hydrogens (tertiary/aromatic N) is 4. The van der Waals surface area contributed by atoms with E-state index in [0.717, 1.165) is 9.60 Å². The van der Waals surface area contributed by atoms with E-state index in [1.807, 2.05) is 31.1 Å². The number of benzene rings is 2. The molecule has 3 amide bonds. The van der Waals surface area contributed by atoms with Gasteiger partial charge in [0.2, 0.25) is 5.91 Å². The number of halogens is 1. The van der Waals surface area contributed by atoms with Crippen molar-refractivity contribution < 1.29 is 36.3 Å². The largest absolute Gasteiger partial charge is 1.00 e. The third-order valence-corrected chi connectivity index (χ3v) is 6.56. The molecule has 0 aliphatic carbocycles. The lowest BCUT2D eigenvalue weighted by atomic mass is 10.1. The number of amides is 3. The fourth-order valence-electron chi connectivity index (χ4n) is 3.80. The van der Waals surface area contributed by atoms with Crippen LogP contribution in [0.2, 0.25) is 0 Å². The number of thiazole rings is 1. The molecule has 0 radical (unpaired) electrons. The van der Waals surface area contributed by atoms with Crippen molar-refractivity contribution in [2.45, 2.75) is 0 Å². The van der Waals surface area contributed by atoms with Gasteiger partial charge < -0.3 is 26.8 Å². The van der Waals surface area contributed by atoms with E-state index >= 15 is 0 Å². The molecule has 1 aromatic heterocycles. The molecule has 0 saturated heterocycles. The molecule has 0 unspecified atom stereocenters. The molecule has 0 fully saturated rings. The average molecular weight is 502 g/mol. The van der Waals surface area contributed by atoms with Gasteiger partial charge in [0, 0.05) is 25.2 Å². The number of hydrogen-bond acceptors (Lipinski definition) is 8. The fraction of sp³-hybridized carbons (Fsp3) is 0.304. The van der Waals surface area contributed by atoms with Crippen molar-refractivity contribution in [3.05, 3.63) is 47.5 Å². The van der Waals surface area contributed by atoms with Crippen LogP contribution in [-0.2, 0) is 4.79 Å². The standard InChI is InChI=1S/C23H22N4O5S.ClH/c1-25(2)7-8-26(20(28)13-27-21(29)14-5-3-4-6-15(14)22(27)30)23-24-16-11-17-18(12-19(16)33-23)32-10-9-31-17;/h3-6,11-12H,7-10,13H2,1-2H3;1H/p-1. The Kier molecular flexibility index (Phi) is 6.74. The summed E-state index contributed by atoms with van der Waals surface area (Å²) in [7, 11) is 3.82. The van der Waals surface area contributed by atoms with Gasteiger partial charge in [0.25, 0.3) is 11.8 Å². The molecule has 3 aromatic rings. The summed E-state index contributed by atoms with van der Waals surface area (Å²) in [5, 5.41) is 0.496. The molecule has 34 heavy (non-hydrogen) atoms. The Morgan fingerprint density at radius 2 is 1.65 bits per heavy atom. The first-order chi connectivity index (χ1) is 15.9. The van der Waals surface area contributed by atoms with Crippen molar-refractivity contribution >= 4 is 44.4 Å². The second-order valence-corrected chi connectivity index (χ2v) is 9.06. The monoisotopic (exact) mass is 501 g/mol. The highest BCUT2D eigenvalue weighted by atomic mass is 35.5. The van der Waals surface area contributed by atoms with Crippen LogP contribution in [0, 0.1) is 0 Å². The van der Waals surface area contributed by atoms with Gasteiger partial charge in [-0.2, -0.15) is 0 Å². The summed E-state index contributed by atoms with van der Waals surface area (Å²) < 4.78 is 12.2. The van der Waals surface area contributed by atoms with Gasteiger partial charge in [-0.3, -0.25) is 24.2 Å². The normalized spacial score (nSPS) is 14.4. The van der Waals surface area contributed by atoms with Crippen molar-refractivity contribution in [2.24, 2.45) is 0 Å². The Labute approximate surface area is 206 Å². The second-order valence-electron chi connectivity index (χ2n) is 8.05. The molecule has 3 heterocycles. The topological polar surface area (TPSA) is 92.3 Å². The van der Waals surface area contributed by atoms with Gasteiger partial charge in [-0.05, 0) is 26.2 Å². The highest BCUT2D eigenvalue weighted by Crippen LogP contribution is 2.39. The van der Waals surface area contributed by atoms with Gasteiger partial charge in [-0.15, -0.1) is 0 Å². The van der Waals surface area contributed by atoms with Crippen LogP contribution in [0.25, 0.3) is 10.2 Å². The summed E-state index contributed by atoms with van der Waals surface area (Å²) >= 11 is 1.36. The summed E-state index contributed by atoms with van der Waals surface area (Å²) in [6.07, 6.45) is 0. The zero-order chi connectivity index (χ0) is 23.1. The number of imide groups is 1. The van der Waals surface area contributed by atoms with E-state index < -0.39 is 11.8 Å². The lowest BCUT2D eigenvalue weighted by Crippen LogP contribution is -3.00. The number of hydrogen-bond donors (Lipinski definition) is 0. The van der Waals surface area contributed by atoms with E-state index in [4.69, 9.17) is 9.47 Å². The van der Waals surface area contributed by atoms with Gasteiger partial charge in [0.1, 0.15) is 19.8 Å². The quantitative estimate of drug-likeness (QED) is 0.411. The van der Waals surface area contributed by atoms with E-state index in [1.165, 1.54) is 16.2 Å². The zero-order valence-corrected chi connectivity index (χ0v) is 20.2. The zero-order valence-electron chi connectivity index (χ0n) is 18.6. The molecule has 11 heteroatoms. The maximum atomic E-state index is 13.4. The molecule has 0 N–H and O–H groups in total. The first kappa shape index (κ1) is 23.9. The molecular weight excluding hydrogens is 480 g/mol. The minimum absolute atomic E-state index is 0. The molecule has 2 aliphatic heterocycles. The summed E-state index contributed by atoms with van der Waals surface area (Å²) in [5.41, 5.74) is 1.34. The van der Waals surface area contributed by atoms with E-state index in [2.05, 4.69) is 4.98 Å². The fourth-order valence-corrected chi connectivity index (χ4v) is 4.82. The Hall–Kier alpha value is -3.21. The lowest BCUT2D eigenvalue weighted by molar-refractivity contribution is -0.119. The van der Waals surface area contributed by atoms with E-state index in [9.17, 15) is 14.4 Å². The Balaban J connectivity index is 0.00000274. The van der Waals surface area contributed by atoms with Gasteiger partial charge in [0.15, 0.2) is 16.6 Å². The lowest BCUT2D eigenvalue weighted by Gasteiger charge is -2.24.